The van der Waals surface area contributed by atoms with Gasteiger partial charge in [-0.3, -0.25) is 0 Å². The van der Waals surface area contributed by atoms with Crippen LogP contribution in [0.25, 0.3) is 10.1 Å². The molecule has 20 heavy (non-hydrogen) atoms. The first-order valence-corrected chi connectivity index (χ1v) is 7.95. The number of rotatable bonds is 4. The van der Waals surface area contributed by atoms with Gasteiger partial charge < -0.3 is 9.73 Å². The smallest absolute Gasteiger partial charge is 0.140 e. The second kappa shape index (κ2) is 5.68. The highest BCUT2D eigenvalue weighted by Gasteiger charge is 2.21. The van der Waals surface area contributed by atoms with E-state index in [-0.39, 0.29) is 11.9 Å². The Morgan fingerprint density at radius 2 is 2.20 bits per heavy atom. The van der Waals surface area contributed by atoms with E-state index in [9.17, 15) is 4.39 Å². The molecule has 0 spiro atoms. The molecule has 104 valence electrons. The first-order chi connectivity index (χ1) is 9.69. The Morgan fingerprint density at radius 3 is 2.90 bits per heavy atom. The Bertz CT molecular complexity index is 736. The van der Waals surface area contributed by atoms with E-state index in [1.165, 1.54) is 6.07 Å². The largest absolute Gasteiger partial charge is 0.466 e. The van der Waals surface area contributed by atoms with Crippen molar-refractivity contribution in [3.63, 3.8) is 0 Å². The summed E-state index contributed by atoms with van der Waals surface area (Å²) in [6.45, 7) is 2.87. The van der Waals surface area contributed by atoms with Gasteiger partial charge in [0.05, 0.1) is 10.7 Å². The fraction of sp³-hybridized carbons (Fsp3) is 0.200. The van der Waals surface area contributed by atoms with Gasteiger partial charge in [-0.15, -0.1) is 11.3 Å². The fourth-order valence-corrected chi connectivity index (χ4v) is 3.77. The van der Waals surface area contributed by atoms with Crippen LogP contribution in [-0.4, -0.2) is 6.54 Å². The van der Waals surface area contributed by atoms with Crippen LogP contribution in [0.2, 0.25) is 0 Å². The molecule has 0 saturated heterocycles. The first kappa shape index (κ1) is 13.8. The minimum Gasteiger partial charge on any atom is -0.466 e. The van der Waals surface area contributed by atoms with E-state index in [0.717, 1.165) is 31.7 Å². The van der Waals surface area contributed by atoms with Gasteiger partial charge in [0.1, 0.15) is 17.6 Å². The van der Waals surface area contributed by atoms with Gasteiger partial charge in [0.2, 0.25) is 0 Å². The zero-order valence-corrected chi connectivity index (χ0v) is 13.2. The van der Waals surface area contributed by atoms with Gasteiger partial charge in [-0.05, 0) is 58.2 Å². The fourth-order valence-electron chi connectivity index (χ4n) is 2.22. The standard InChI is InChI=1S/C15H13BrFNOS/c1-2-18-14(15-11(16)5-6-19-15)13-8-9-7-10(17)3-4-12(9)20-13/h3-8,14,18H,2H2,1H3. The van der Waals surface area contributed by atoms with Crippen LogP contribution in [0, 0.1) is 5.82 Å². The summed E-state index contributed by atoms with van der Waals surface area (Å²) >= 11 is 5.15. The van der Waals surface area contributed by atoms with Crippen LogP contribution < -0.4 is 5.32 Å². The van der Waals surface area contributed by atoms with Gasteiger partial charge in [-0.2, -0.15) is 0 Å². The number of benzene rings is 1. The average molecular weight is 354 g/mol. The summed E-state index contributed by atoms with van der Waals surface area (Å²) in [4.78, 5) is 1.11. The van der Waals surface area contributed by atoms with Crippen molar-refractivity contribution in [3.05, 3.63) is 57.5 Å². The molecule has 2 heterocycles. The highest BCUT2D eigenvalue weighted by atomic mass is 79.9. The Balaban J connectivity index is 2.07. The van der Waals surface area contributed by atoms with Crippen molar-refractivity contribution in [1.29, 1.82) is 0 Å². The minimum absolute atomic E-state index is 0.0233. The quantitative estimate of drug-likeness (QED) is 0.706. The molecule has 0 aliphatic carbocycles. The van der Waals surface area contributed by atoms with E-state index in [1.54, 1.807) is 23.7 Å². The zero-order chi connectivity index (χ0) is 14.1. The maximum Gasteiger partial charge on any atom is 0.140 e. The van der Waals surface area contributed by atoms with Crippen LogP contribution in [-0.2, 0) is 0 Å². The molecular formula is C15H13BrFNOS. The number of nitrogens with one attached hydrogen (secondary N) is 1. The molecule has 0 aliphatic rings. The predicted molar refractivity (Wildman–Crippen MR) is 83.7 cm³/mol. The zero-order valence-electron chi connectivity index (χ0n) is 10.8. The maximum absolute atomic E-state index is 13.3. The molecular weight excluding hydrogens is 341 g/mol. The van der Waals surface area contributed by atoms with Gasteiger partial charge in [0.25, 0.3) is 0 Å². The van der Waals surface area contributed by atoms with Crippen molar-refractivity contribution in [2.45, 2.75) is 13.0 Å². The van der Waals surface area contributed by atoms with Crippen LogP contribution in [0.1, 0.15) is 23.6 Å². The highest BCUT2D eigenvalue weighted by Crippen LogP contribution is 2.36. The van der Waals surface area contributed by atoms with Crippen LogP contribution >= 0.6 is 27.3 Å². The molecule has 1 atom stereocenters. The van der Waals surface area contributed by atoms with Crippen molar-refractivity contribution in [1.82, 2.24) is 5.32 Å². The van der Waals surface area contributed by atoms with E-state index >= 15 is 0 Å². The second-order valence-electron chi connectivity index (χ2n) is 4.45. The third kappa shape index (κ3) is 2.53. The number of thiophene rings is 1. The topological polar surface area (TPSA) is 25.2 Å². The van der Waals surface area contributed by atoms with Crippen molar-refractivity contribution in [2.75, 3.05) is 6.54 Å². The Labute approximate surface area is 128 Å². The molecule has 3 rings (SSSR count). The predicted octanol–water partition coefficient (Wildman–Crippen LogP) is 5.09. The van der Waals surface area contributed by atoms with Gasteiger partial charge >= 0.3 is 0 Å². The van der Waals surface area contributed by atoms with Crippen LogP contribution in [0.15, 0.2) is 45.5 Å². The van der Waals surface area contributed by atoms with Crippen LogP contribution in [0.3, 0.4) is 0 Å². The summed E-state index contributed by atoms with van der Waals surface area (Å²) in [6, 6.07) is 8.75. The molecule has 0 amide bonds. The summed E-state index contributed by atoms with van der Waals surface area (Å²) < 4.78 is 20.9. The van der Waals surface area contributed by atoms with Crippen LogP contribution in [0.5, 0.6) is 0 Å². The molecule has 5 heteroatoms. The SMILES string of the molecule is CCNC(c1cc2cc(F)ccc2s1)c1occc1Br. The number of fused-ring (bicyclic) bond motifs is 1. The molecule has 0 radical (unpaired) electrons. The second-order valence-corrected chi connectivity index (χ2v) is 6.42. The number of hydrogen-bond acceptors (Lipinski definition) is 3. The van der Waals surface area contributed by atoms with E-state index in [4.69, 9.17) is 4.42 Å². The lowest BCUT2D eigenvalue weighted by Crippen LogP contribution is -2.20. The molecule has 2 nitrogen and oxygen atoms in total. The van der Waals surface area contributed by atoms with Gasteiger partial charge in [-0.1, -0.05) is 6.92 Å². The first-order valence-electron chi connectivity index (χ1n) is 6.34. The molecule has 1 N–H and O–H groups in total. The Kier molecular flexibility index (Phi) is 3.92. The van der Waals surface area contributed by atoms with Gasteiger partial charge in [0.15, 0.2) is 0 Å². The molecule has 1 aromatic carbocycles. The third-order valence-corrected chi connectivity index (χ3v) is 4.93. The molecule has 0 saturated carbocycles. The summed E-state index contributed by atoms with van der Waals surface area (Å²) in [7, 11) is 0. The van der Waals surface area contributed by atoms with Crippen molar-refractivity contribution in [2.24, 2.45) is 0 Å². The lowest BCUT2D eigenvalue weighted by molar-refractivity contribution is 0.453. The monoisotopic (exact) mass is 353 g/mol. The highest BCUT2D eigenvalue weighted by molar-refractivity contribution is 9.10. The van der Waals surface area contributed by atoms with Crippen molar-refractivity contribution in [3.8, 4) is 0 Å². The third-order valence-electron chi connectivity index (χ3n) is 3.10. The maximum atomic E-state index is 13.3. The van der Waals surface area contributed by atoms with Gasteiger partial charge in [-0.25, -0.2) is 4.39 Å². The molecule has 2 aromatic heterocycles. The Hall–Kier alpha value is -1.17. The summed E-state index contributed by atoms with van der Waals surface area (Å²) in [5.74, 6) is 0.639. The van der Waals surface area contributed by atoms with Crippen molar-refractivity contribution < 1.29 is 8.81 Å². The number of halogens is 2. The molecule has 0 bridgehead atoms. The number of furan rings is 1. The average Bonchev–Trinajstić information content (AvgIpc) is 3.01. The lowest BCUT2D eigenvalue weighted by Gasteiger charge is -2.14. The molecule has 3 aromatic rings. The van der Waals surface area contributed by atoms with E-state index < -0.39 is 0 Å². The summed E-state index contributed by atoms with van der Waals surface area (Å²) in [5.41, 5.74) is 0. The van der Waals surface area contributed by atoms with Crippen molar-refractivity contribution >= 4 is 37.4 Å². The van der Waals surface area contributed by atoms with E-state index in [1.807, 2.05) is 18.2 Å². The van der Waals surface area contributed by atoms with E-state index in [2.05, 4.69) is 28.2 Å². The molecule has 0 aliphatic heterocycles. The lowest BCUT2D eigenvalue weighted by atomic mass is 10.1. The Morgan fingerprint density at radius 1 is 1.35 bits per heavy atom. The summed E-state index contributed by atoms with van der Waals surface area (Å²) in [5, 5.41) is 4.34. The van der Waals surface area contributed by atoms with E-state index in [0.29, 0.717) is 0 Å². The van der Waals surface area contributed by atoms with Crippen LogP contribution in [0.4, 0.5) is 4.39 Å². The molecule has 1 unspecified atom stereocenters. The van der Waals surface area contributed by atoms with Gasteiger partial charge in [0, 0.05) is 9.58 Å². The molecule has 0 fully saturated rings. The summed E-state index contributed by atoms with van der Waals surface area (Å²) in [6.07, 6.45) is 1.66. The minimum atomic E-state index is -0.207. The number of hydrogen-bond donors (Lipinski definition) is 1. The normalized spacial score (nSPS) is 12.9.